The third-order valence-corrected chi connectivity index (χ3v) is 4.29. The van der Waals surface area contributed by atoms with Gasteiger partial charge in [0.2, 0.25) is 0 Å². The summed E-state index contributed by atoms with van der Waals surface area (Å²) in [7, 11) is 0. The molecule has 0 aliphatic heterocycles. The van der Waals surface area contributed by atoms with Gasteiger partial charge in [-0.3, -0.25) is 0 Å². The molecule has 2 aromatic carbocycles. The normalized spacial score (nSPS) is 10.4. The van der Waals surface area contributed by atoms with Crippen molar-refractivity contribution in [3.05, 3.63) is 59.7 Å². The van der Waals surface area contributed by atoms with Gasteiger partial charge in [0.25, 0.3) is 0 Å². The van der Waals surface area contributed by atoms with Gasteiger partial charge in [0.1, 0.15) is 5.75 Å². The molecule has 0 amide bonds. The summed E-state index contributed by atoms with van der Waals surface area (Å²) in [5.74, 6) is 1.94. The molecule has 0 bridgehead atoms. The second kappa shape index (κ2) is 7.61. The van der Waals surface area contributed by atoms with Gasteiger partial charge in [-0.05, 0) is 25.1 Å². The van der Waals surface area contributed by atoms with Gasteiger partial charge in [-0.1, -0.05) is 51.8 Å². The Hall–Kier alpha value is -0.930. The molecular weight excluding hydrogens is 320 g/mol. The number of alkyl halides is 1. The van der Waals surface area contributed by atoms with E-state index in [4.69, 9.17) is 4.74 Å². The standard InChI is InChI=1S/C16H17BrOS/c1-13-7-8-16(14(11-13)12-17)18-9-10-19-15-5-3-2-4-6-15/h2-8,11H,9-10,12H2,1H3. The first-order valence-corrected chi connectivity index (χ1v) is 8.36. The average molecular weight is 337 g/mol. The van der Waals surface area contributed by atoms with Crippen molar-refractivity contribution in [1.29, 1.82) is 0 Å². The number of benzene rings is 2. The number of ether oxygens (including phenoxy) is 1. The van der Waals surface area contributed by atoms with Gasteiger partial charge in [-0.25, -0.2) is 0 Å². The summed E-state index contributed by atoms with van der Waals surface area (Å²) in [4.78, 5) is 1.29. The number of hydrogen-bond donors (Lipinski definition) is 0. The molecule has 0 saturated heterocycles. The second-order valence-electron chi connectivity index (χ2n) is 4.25. The van der Waals surface area contributed by atoms with Crippen LogP contribution in [0.1, 0.15) is 11.1 Å². The van der Waals surface area contributed by atoms with Gasteiger partial charge in [0.05, 0.1) is 6.61 Å². The van der Waals surface area contributed by atoms with Crippen molar-refractivity contribution < 1.29 is 4.74 Å². The fraction of sp³-hybridized carbons (Fsp3) is 0.250. The fourth-order valence-corrected chi connectivity index (χ4v) is 2.97. The van der Waals surface area contributed by atoms with Gasteiger partial charge >= 0.3 is 0 Å². The minimum atomic E-state index is 0.725. The smallest absolute Gasteiger partial charge is 0.123 e. The quantitative estimate of drug-likeness (QED) is 0.414. The van der Waals surface area contributed by atoms with Crippen molar-refractivity contribution in [3.63, 3.8) is 0 Å². The summed E-state index contributed by atoms with van der Waals surface area (Å²) in [5, 5.41) is 0.829. The van der Waals surface area contributed by atoms with E-state index >= 15 is 0 Å². The lowest BCUT2D eigenvalue weighted by Gasteiger charge is -2.10. The van der Waals surface area contributed by atoms with Crippen molar-refractivity contribution in [3.8, 4) is 5.75 Å². The lowest BCUT2D eigenvalue weighted by Crippen LogP contribution is -2.02. The summed E-state index contributed by atoms with van der Waals surface area (Å²) in [6.45, 7) is 2.82. The number of halogens is 1. The Balaban J connectivity index is 1.83. The van der Waals surface area contributed by atoms with Crippen LogP contribution >= 0.6 is 27.7 Å². The van der Waals surface area contributed by atoms with E-state index in [-0.39, 0.29) is 0 Å². The number of rotatable bonds is 6. The zero-order chi connectivity index (χ0) is 13.5. The van der Waals surface area contributed by atoms with Crippen molar-refractivity contribution in [1.82, 2.24) is 0 Å². The van der Waals surface area contributed by atoms with E-state index in [1.807, 2.05) is 17.8 Å². The highest BCUT2D eigenvalue weighted by Gasteiger charge is 2.03. The molecular formula is C16H17BrOS. The van der Waals surface area contributed by atoms with E-state index in [2.05, 4.69) is 65.3 Å². The van der Waals surface area contributed by atoms with E-state index < -0.39 is 0 Å². The summed E-state index contributed by atoms with van der Waals surface area (Å²) >= 11 is 5.32. The van der Waals surface area contributed by atoms with Gasteiger partial charge in [-0.2, -0.15) is 0 Å². The molecule has 100 valence electrons. The molecule has 0 aliphatic carbocycles. The Morgan fingerprint density at radius 3 is 2.63 bits per heavy atom. The largest absolute Gasteiger partial charge is 0.492 e. The molecule has 0 fully saturated rings. The average Bonchev–Trinajstić information content (AvgIpc) is 2.46. The van der Waals surface area contributed by atoms with Crippen LogP contribution in [0.15, 0.2) is 53.4 Å². The van der Waals surface area contributed by atoms with Crippen LogP contribution in [0.25, 0.3) is 0 Å². The maximum atomic E-state index is 5.85. The Morgan fingerprint density at radius 1 is 1.11 bits per heavy atom. The van der Waals surface area contributed by atoms with Gasteiger partial charge in [0.15, 0.2) is 0 Å². The Bertz CT molecular complexity index is 513. The first-order valence-electron chi connectivity index (χ1n) is 6.26. The number of aryl methyl sites for hydroxylation is 1. The van der Waals surface area contributed by atoms with Crippen LogP contribution in [0, 0.1) is 6.92 Å². The van der Waals surface area contributed by atoms with E-state index in [1.165, 1.54) is 16.0 Å². The van der Waals surface area contributed by atoms with Crippen LogP contribution in [-0.2, 0) is 5.33 Å². The lowest BCUT2D eigenvalue weighted by molar-refractivity contribution is 0.341. The monoisotopic (exact) mass is 336 g/mol. The molecule has 2 rings (SSSR count). The predicted molar refractivity (Wildman–Crippen MR) is 86.5 cm³/mol. The number of thioether (sulfide) groups is 1. The Labute approximate surface area is 127 Å². The van der Waals surface area contributed by atoms with Crippen LogP contribution in [0.3, 0.4) is 0 Å². The molecule has 0 saturated carbocycles. The van der Waals surface area contributed by atoms with Gasteiger partial charge in [0, 0.05) is 21.5 Å². The van der Waals surface area contributed by atoms with Crippen LogP contribution in [-0.4, -0.2) is 12.4 Å². The maximum Gasteiger partial charge on any atom is 0.123 e. The van der Waals surface area contributed by atoms with Crippen molar-refractivity contribution in [2.75, 3.05) is 12.4 Å². The second-order valence-corrected chi connectivity index (χ2v) is 5.98. The maximum absolute atomic E-state index is 5.85. The molecule has 19 heavy (non-hydrogen) atoms. The lowest BCUT2D eigenvalue weighted by atomic mass is 10.1. The third-order valence-electron chi connectivity index (χ3n) is 2.71. The molecule has 2 aromatic rings. The highest BCUT2D eigenvalue weighted by Crippen LogP contribution is 2.23. The van der Waals surface area contributed by atoms with E-state index in [0.29, 0.717) is 0 Å². The molecule has 0 unspecified atom stereocenters. The molecule has 3 heteroatoms. The SMILES string of the molecule is Cc1ccc(OCCSc2ccccc2)c(CBr)c1. The molecule has 0 spiro atoms. The Kier molecular flexibility index (Phi) is 5.80. The summed E-state index contributed by atoms with van der Waals surface area (Å²) in [5.41, 5.74) is 2.48. The highest BCUT2D eigenvalue weighted by molar-refractivity contribution is 9.08. The fourth-order valence-electron chi connectivity index (χ4n) is 1.78. The van der Waals surface area contributed by atoms with E-state index in [0.717, 1.165) is 23.4 Å². The highest BCUT2D eigenvalue weighted by atomic mass is 79.9. The molecule has 0 heterocycles. The van der Waals surface area contributed by atoms with Gasteiger partial charge < -0.3 is 4.74 Å². The Morgan fingerprint density at radius 2 is 1.89 bits per heavy atom. The van der Waals surface area contributed by atoms with E-state index in [9.17, 15) is 0 Å². The molecule has 0 atom stereocenters. The predicted octanol–water partition coefficient (Wildman–Crippen LogP) is 5.06. The van der Waals surface area contributed by atoms with Crippen LogP contribution < -0.4 is 4.74 Å². The van der Waals surface area contributed by atoms with Gasteiger partial charge in [-0.15, -0.1) is 11.8 Å². The minimum Gasteiger partial charge on any atom is -0.492 e. The zero-order valence-corrected chi connectivity index (χ0v) is 13.3. The summed E-state index contributed by atoms with van der Waals surface area (Å²) < 4.78 is 5.85. The molecule has 0 N–H and O–H groups in total. The van der Waals surface area contributed by atoms with Crippen LogP contribution in [0.2, 0.25) is 0 Å². The molecule has 0 radical (unpaired) electrons. The minimum absolute atomic E-state index is 0.725. The first kappa shape index (κ1) is 14.5. The first-order chi connectivity index (χ1) is 9.29. The van der Waals surface area contributed by atoms with Crippen molar-refractivity contribution in [2.45, 2.75) is 17.1 Å². The van der Waals surface area contributed by atoms with Crippen LogP contribution in [0.4, 0.5) is 0 Å². The van der Waals surface area contributed by atoms with Crippen molar-refractivity contribution in [2.24, 2.45) is 0 Å². The molecule has 0 aromatic heterocycles. The van der Waals surface area contributed by atoms with E-state index in [1.54, 1.807) is 0 Å². The molecule has 1 nitrogen and oxygen atoms in total. The zero-order valence-electron chi connectivity index (χ0n) is 10.9. The molecule has 0 aliphatic rings. The summed E-state index contributed by atoms with van der Waals surface area (Å²) in [6, 6.07) is 16.7. The van der Waals surface area contributed by atoms with Crippen LogP contribution in [0.5, 0.6) is 5.75 Å². The topological polar surface area (TPSA) is 9.23 Å². The van der Waals surface area contributed by atoms with Crippen molar-refractivity contribution >= 4 is 27.7 Å². The summed E-state index contributed by atoms with van der Waals surface area (Å²) in [6.07, 6.45) is 0. The number of hydrogen-bond acceptors (Lipinski definition) is 2. The third kappa shape index (κ3) is 4.59.